The second kappa shape index (κ2) is 8.34. The van der Waals surface area contributed by atoms with Crippen molar-refractivity contribution in [1.82, 2.24) is 9.55 Å². The van der Waals surface area contributed by atoms with Crippen LogP contribution < -0.4 is 10.3 Å². The molecule has 0 radical (unpaired) electrons. The van der Waals surface area contributed by atoms with Crippen molar-refractivity contribution in [2.75, 3.05) is 13.2 Å². The van der Waals surface area contributed by atoms with Gasteiger partial charge in [-0.3, -0.25) is 9.36 Å². The second-order valence-corrected chi connectivity index (χ2v) is 8.03. The van der Waals surface area contributed by atoms with E-state index in [-0.39, 0.29) is 24.7 Å². The maximum Gasteiger partial charge on any atom is 0.338 e. The fourth-order valence-corrected chi connectivity index (χ4v) is 4.74. The zero-order valence-corrected chi connectivity index (χ0v) is 16.9. The average Bonchev–Trinajstić information content (AvgIpc) is 3.30. The molecule has 0 fully saturated rings. The summed E-state index contributed by atoms with van der Waals surface area (Å²) in [5.74, 6) is 0.134. The van der Waals surface area contributed by atoms with Gasteiger partial charge in [0.15, 0.2) is 0 Å². The number of aliphatic hydroxyl groups is 1. The van der Waals surface area contributed by atoms with Crippen LogP contribution >= 0.6 is 11.3 Å². The lowest BCUT2D eigenvalue weighted by atomic mass is 10.2. The molecule has 1 atom stereocenters. The van der Waals surface area contributed by atoms with Gasteiger partial charge in [0.25, 0.3) is 5.56 Å². The SMILES string of the molecule is CCOC(=O)c1ccc(OCC(O)Cn2cnc3sc4c(c3c2=O)CCC4)cc1. The Kier molecular flexibility index (Phi) is 5.64. The fraction of sp³-hybridized carbons (Fsp3) is 0.381. The maximum atomic E-state index is 12.8. The lowest BCUT2D eigenvalue weighted by molar-refractivity contribution is 0.0526. The first-order chi connectivity index (χ1) is 14.1. The molecule has 1 aliphatic rings. The van der Waals surface area contributed by atoms with Crippen molar-refractivity contribution in [1.29, 1.82) is 0 Å². The average molecular weight is 414 g/mol. The standard InChI is InChI=1S/C21H22N2O5S/c1-2-27-21(26)13-6-8-15(9-7-13)28-11-14(24)10-23-12-22-19-18(20(23)25)16-4-3-5-17(16)29-19/h6-9,12,14,24H,2-5,10-11H2,1H3. The first-order valence-corrected chi connectivity index (χ1v) is 10.5. The predicted molar refractivity (Wildman–Crippen MR) is 110 cm³/mol. The summed E-state index contributed by atoms with van der Waals surface area (Å²) in [6.45, 7) is 2.19. The van der Waals surface area contributed by atoms with Crippen LogP contribution in [0.15, 0.2) is 35.4 Å². The summed E-state index contributed by atoms with van der Waals surface area (Å²) in [5.41, 5.74) is 1.46. The van der Waals surface area contributed by atoms with Crippen molar-refractivity contribution in [2.24, 2.45) is 0 Å². The summed E-state index contributed by atoms with van der Waals surface area (Å²) < 4.78 is 12.0. The summed E-state index contributed by atoms with van der Waals surface area (Å²) in [6, 6.07) is 6.51. The van der Waals surface area contributed by atoms with E-state index in [2.05, 4.69) is 4.98 Å². The van der Waals surface area contributed by atoms with Gasteiger partial charge in [0.05, 0.1) is 30.4 Å². The molecule has 0 bridgehead atoms. The smallest absolute Gasteiger partial charge is 0.338 e. The highest BCUT2D eigenvalue weighted by Crippen LogP contribution is 2.34. The number of rotatable bonds is 7. The van der Waals surface area contributed by atoms with Gasteiger partial charge >= 0.3 is 5.97 Å². The molecule has 152 valence electrons. The van der Waals surface area contributed by atoms with E-state index in [4.69, 9.17) is 9.47 Å². The van der Waals surface area contributed by atoms with Crippen molar-refractivity contribution in [3.05, 3.63) is 57.0 Å². The van der Waals surface area contributed by atoms with E-state index in [1.165, 1.54) is 15.8 Å². The van der Waals surface area contributed by atoms with Gasteiger partial charge in [0, 0.05) is 4.88 Å². The van der Waals surface area contributed by atoms with Gasteiger partial charge in [-0.05, 0) is 56.0 Å². The summed E-state index contributed by atoms with van der Waals surface area (Å²) >= 11 is 1.60. The molecule has 0 spiro atoms. The zero-order valence-electron chi connectivity index (χ0n) is 16.1. The number of carbonyl (C=O) groups is 1. The molecule has 2 aromatic heterocycles. The van der Waals surface area contributed by atoms with E-state index in [1.807, 2.05) is 0 Å². The Morgan fingerprint density at radius 1 is 1.31 bits per heavy atom. The predicted octanol–water partition coefficient (Wildman–Crippen LogP) is 2.56. The highest BCUT2D eigenvalue weighted by atomic mass is 32.1. The minimum atomic E-state index is -0.872. The van der Waals surface area contributed by atoms with Crippen LogP contribution in [0, 0.1) is 0 Å². The third-order valence-electron chi connectivity index (χ3n) is 4.91. The van der Waals surface area contributed by atoms with Crippen LogP contribution in [-0.4, -0.2) is 39.9 Å². The molecule has 1 aromatic carbocycles. The van der Waals surface area contributed by atoms with Crippen molar-refractivity contribution in [2.45, 2.75) is 38.8 Å². The van der Waals surface area contributed by atoms with E-state index >= 15 is 0 Å². The summed E-state index contributed by atoms with van der Waals surface area (Å²) in [5, 5.41) is 11.0. The highest BCUT2D eigenvalue weighted by molar-refractivity contribution is 7.18. The Morgan fingerprint density at radius 3 is 2.86 bits per heavy atom. The minimum Gasteiger partial charge on any atom is -0.491 e. The monoisotopic (exact) mass is 414 g/mol. The summed E-state index contributed by atoms with van der Waals surface area (Å²) in [4.78, 5) is 31.0. The van der Waals surface area contributed by atoms with Crippen LogP contribution in [0.1, 0.15) is 34.1 Å². The van der Waals surface area contributed by atoms with E-state index < -0.39 is 6.10 Å². The number of aliphatic hydroxyl groups excluding tert-OH is 1. The molecule has 1 unspecified atom stereocenters. The van der Waals surface area contributed by atoms with Crippen LogP contribution in [0.4, 0.5) is 0 Å². The Labute approximate surface area is 171 Å². The zero-order chi connectivity index (χ0) is 20.4. The number of hydrogen-bond donors (Lipinski definition) is 1. The molecule has 7 nitrogen and oxygen atoms in total. The normalized spacial score (nSPS) is 14.0. The van der Waals surface area contributed by atoms with Crippen molar-refractivity contribution in [3.8, 4) is 5.75 Å². The molecular weight excluding hydrogens is 392 g/mol. The third-order valence-corrected chi connectivity index (χ3v) is 6.11. The van der Waals surface area contributed by atoms with Gasteiger partial charge in [-0.2, -0.15) is 0 Å². The van der Waals surface area contributed by atoms with Crippen molar-refractivity contribution >= 4 is 27.5 Å². The van der Waals surface area contributed by atoms with Gasteiger partial charge in [0.1, 0.15) is 23.3 Å². The molecule has 29 heavy (non-hydrogen) atoms. The third kappa shape index (κ3) is 4.04. The Morgan fingerprint density at radius 2 is 2.10 bits per heavy atom. The number of ether oxygens (including phenoxy) is 2. The lowest BCUT2D eigenvalue weighted by Crippen LogP contribution is -2.30. The van der Waals surface area contributed by atoms with Gasteiger partial charge < -0.3 is 14.6 Å². The van der Waals surface area contributed by atoms with Crippen molar-refractivity contribution < 1.29 is 19.4 Å². The van der Waals surface area contributed by atoms with Crippen LogP contribution in [-0.2, 0) is 24.1 Å². The summed E-state index contributed by atoms with van der Waals surface area (Å²) in [6.07, 6.45) is 3.64. The molecule has 2 heterocycles. The number of thiophene rings is 1. The Hall–Kier alpha value is -2.71. The Balaban J connectivity index is 1.40. The van der Waals surface area contributed by atoms with Gasteiger partial charge in [-0.25, -0.2) is 9.78 Å². The van der Waals surface area contributed by atoms with E-state index in [1.54, 1.807) is 42.5 Å². The second-order valence-electron chi connectivity index (χ2n) is 6.95. The lowest BCUT2D eigenvalue weighted by Gasteiger charge is -2.14. The quantitative estimate of drug-likeness (QED) is 0.598. The fourth-order valence-electron chi connectivity index (χ4n) is 3.52. The molecule has 1 aliphatic carbocycles. The van der Waals surface area contributed by atoms with Crippen LogP contribution in [0.2, 0.25) is 0 Å². The molecule has 1 N–H and O–H groups in total. The number of benzene rings is 1. The number of hydrogen-bond acceptors (Lipinski definition) is 7. The van der Waals surface area contributed by atoms with Gasteiger partial charge in [-0.15, -0.1) is 11.3 Å². The van der Waals surface area contributed by atoms with Crippen LogP contribution in [0.25, 0.3) is 10.2 Å². The van der Waals surface area contributed by atoms with Crippen molar-refractivity contribution in [3.63, 3.8) is 0 Å². The molecule has 0 aliphatic heterocycles. The number of aryl methyl sites for hydroxylation is 2. The molecular formula is C21H22N2O5S. The largest absolute Gasteiger partial charge is 0.491 e. The van der Waals surface area contributed by atoms with E-state index in [0.717, 1.165) is 29.7 Å². The first-order valence-electron chi connectivity index (χ1n) is 9.64. The molecule has 4 rings (SSSR count). The van der Waals surface area contributed by atoms with Gasteiger partial charge in [0.2, 0.25) is 0 Å². The summed E-state index contributed by atoms with van der Waals surface area (Å²) in [7, 11) is 0. The minimum absolute atomic E-state index is 0.0188. The van der Waals surface area contributed by atoms with Crippen LogP contribution in [0.3, 0.4) is 0 Å². The number of nitrogens with zero attached hydrogens (tertiary/aromatic N) is 2. The highest BCUT2D eigenvalue weighted by Gasteiger charge is 2.21. The first kappa shape index (κ1) is 19.6. The molecule has 0 amide bonds. The number of carbonyl (C=O) groups excluding carboxylic acids is 1. The number of aromatic nitrogens is 2. The number of esters is 1. The molecule has 8 heteroatoms. The number of fused-ring (bicyclic) bond motifs is 3. The molecule has 3 aromatic rings. The molecule has 0 saturated carbocycles. The van der Waals surface area contributed by atoms with Crippen LogP contribution in [0.5, 0.6) is 5.75 Å². The topological polar surface area (TPSA) is 90.7 Å². The maximum absolute atomic E-state index is 12.8. The van der Waals surface area contributed by atoms with E-state index in [9.17, 15) is 14.7 Å². The van der Waals surface area contributed by atoms with Gasteiger partial charge in [-0.1, -0.05) is 0 Å². The van der Waals surface area contributed by atoms with E-state index in [0.29, 0.717) is 23.3 Å². The Bertz CT molecular complexity index is 1090. The molecule has 0 saturated heterocycles.